The zero-order chi connectivity index (χ0) is 7.82. The summed E-state index contributed by atoms with van der Waals surface area (Å²) in [5.74, 6) is 0.877. The second-order valence-electron chi connectivity index (χ2n) is 1.68. The Balaban J connectivity index is 3.53. The van der Waals surface area contributed by atoms with Gasteiger partial charge in [0, 0.05) is 25.7 Å². The van der Waals surface area contributed by atoms with E-state index >= 15 is 0 Å². The van der Waals surface area contributed by atoms with Crippen LogP contribution < -0.4 is 5.32 Å². The average Bonchev–Trinajstić information content (AvgIpc) is 1.98. The van der Waals surface area contributed by atoms with Gasteiger partial charge < -0.3 is 5.32 Å². The van der Waals surface area contributed by atoms with E-state index in [1.165, 1.54) is 0 Å². The molecule has 1 N–H and O–H groups in total. The van der Waals surface area contributed by atoms with Gasteiger partial charge in [0.05, 0.1) is 5.84 Å². The van der Waals surface area contributed by atoms with E-state index in [-0.39, 0.29) is 0 Å². The molecule has 0 radical (unpaired) electrons. The van der Waals surface area contributed by atoms with E-state index in [0.29, 0.717) is 0 Å². The van der Waals surface area contributed by atoms with Crippen LogP contribution in [0.25, 0.3) is 0 Å². The van der Waals surface area contributed by atoms with Gasteiger partial charge in [-0.1, -0.05) is 0 Å². The van der Waals surface area contributed by atoms with Crippen molar-refractivity contribution in [3.05, 3.63) is 12.4 Å². The van der Waals surface area contributed by atoms with Crippen molar-refractivity contribution < 1.29 is 0 Å². The van der Waals surface area contributed by atoms with Gasteiger partial charge in [-0.3, -0.25) is 9.98 Å². The summed E-state index contributed by atoms with van der Waals surface area (Å²) in [5.41, 5.74) is 0. The SMILES string of the molecule is CC=N/C=C/NC(C)=NC. The molecule has 10 heavy (non-hydrogen) atoms. The van der Waals surface area contributed by atoms with Gasteiger partial charge in [-0.15, -0.1) is 0 Å². The third kappa shape index (κ3) is 5.03. The summed E-state index contributed by atoms with van der Waals surface area (Å²) < 4.78 is 0. The summed E-state index contributed by atoms with van der Waals surface area (Å²) >= 11 is 0. The summed E-state index contributed by atoms with van der Waals surface area (Å²) in [4.78, 5) is 7.74. The van der Waals surface area contributed by atoms with Crippen LogP contribution >= 0.6 is 0 Å². The molecule has 0 aromatic rings. The minimum absolute atomic E-state index is 0.877. The fourth-order valence-electron chi connectivity index (χ4n) is 0.352. The minimum Gasteiger partial charge on any atom is -0.349 e. The summed E-state index contributed by atoms with van der Waals surface area (Å²) in [5, 5.41) is 2.92. The van der Waals surface area contributed by atoms with Gasteiger partial charge in [0.1, 0.15) is 0 Å². The smallest absolute Gasteiger partial charge is 0.0968 e. The Hall–Kier alpha value is -1.12. The van der Waals surface area contributed by atoms with Crippen LogP contribution in [0.5, 0.6) is 0 Å². The lowest BCUT2D eigenvalue weighted by molar-refractivity contribution is 1.20. The molecule has 0 aliphatic rings. The Bertz CT molecular complexity index is 156. The molecule has 0 rings (SSSR count). The van der Waals surface area contributed by atoms with Crippen molar-refractivity contribution in [2.75, 3.05) is 7.05 Å². The molecule has 0 aromatic carbocycles. The largest absolute Gasteiger partial charge is 0.349 e. The minimum atomic E-state index is 0.877. The van der Waals surface area contributed by atoms with E-state index in [4.69, 9.17) is 0 Å². The number of nitrogens with zero attached hydrogens (tertiary/aromatic N) is 2. The predicted molar refractivity (Wildman–Crippen MR) is 45.5 cm³/mol. The van der Waals surface area contributed by atoms with Gasteiger partial charge in [0.15, 0.2) is 0 Å². The highest BCUT2D eigenvalue weighted by Gasteiger charge is 1.76. The van der Waals surface area contributed by atoms with Crippen LogP contribution in [0.4, 0.5) is 0 Å². The van der Waals surface area contributed by atoms with Crippen molar-refractivity contribution in [2.45, 2.75) is 13.8 Å². The van der Waals surface area contributed by atoms with E-state index in [0.717, 1.165) is 5.84 Å². The first-order valence-corrected chi connectivity index (χ1v) is 3.14. The molecule has 0 amide bonds. The molecule has 0 aromatic heterocycles. The van der Waals surface area contributed by atoms with E-state index in [2.05, 4.69) is 15.3 Å². The van der Waals surface area contributed by atoms with E-state index in [1.54, 1.807) is 25.7 Å². The third-order valence-electron chi connectivity index (χ3n) is 0.937. The molecule has 0 fully saturated rings. The van der Waals surface area contributed by atoms with Gasteiger partial charge in [-0.05, 0) is 13.8 Å². The lowest BCUT2D eigenvalue weighted by atomic mass is 10.6. The lowest BCUT2D eigenvalue weighted by Gasteiger charge is -1.93. The van der Waals surface area contributed by atoms with Crippen molar-refractivity contribution in [2.24, 2.45) is 9.98 Å². The number of amidine groups is 1. The first-order chi connectivity index (χ1) is 4.81. The van der Waals surface area contributed by atoms with Crippen LogP contribution in [-0.4, -0.2) is 19.1 Å². The Kier molecular flexibility index (Phi) is 5.33. The van der Waals surface area contributed by atoms with E-state index in [9.17, 15) is 0 Å². The molecule has 0 aliphatic carbocycles. The molecule has 0 saturated heterocycles. The van der Waals surface area contributed by atoms with Crippen LogP contribution in [-0.2, 0) is 0 Å². The van der Waals surface area contributed by atoms with Gasteiger partial charge >= 0.3 is 0 Å². The molecule has 0 aliphatic heterocycles. The Morgan fingerprint density at radius 2 is 2.20 bits per heavy atom. The maximum absolute atomic E-state index is 3.89. The second kappa shape index (κ2) is 6.01. The van der Waals surface area contributed by atoms with Crippen LogP contribution in [0.2, 0.25) is 0 Å². The van der Waals surface area contributed by atoms with E-state index < -0.39 is 0 Å². The van der Waals surface area contributed by atoms with Crippen molar-refractivity contribution in [3.63, 3.8) is 0 Å². The summed E-state index contributed by atoms with van der Waals surface area (Å²) in [6.07, 6.45) is 5.13. The van der Waals surface area contributed by atoms with Crippen molar-refractivity contribution in [1.29, 1.82) is 0 Å². The zero-order valence-electron chi connectivity index (χ0n) is 6.63. The van der Waals surface area contributed by atoms with Gasteiger partial charge in [-0.25, -0.2) is 0 Å². The topological polar surface area (TPSA) is 36.8 Å². The highest BCUT2D eigenvalue weighted by molar-refractivity contribution is 5.80. The molecule has 3 heteroatoms. The fraction of sp³-hybridized carbons (Fsp3) is 0.429. The quantitative estimate of drug-likeness (QED) is 0.452. The van der Waals surface area contributed by atoms with Crippen LogP contribution in [0.1, 0.15) is 13.8 Å². The third-order valence-corrected chi connectivity index (χ3v) is 0.937. The van der Waals surface area contributed by atoms with E-state index in [1.807, 2.05) is 13.8 Å². The van der Waals surface area contributed by atoms with Crippen molar-refractivity contribution in [1.82, 2.24) is 5.32 Å². The molecule has 0 spiro atoms. The number of hydrogen-bond donors (Lipinski definition) is 1. The number of aliphatic imine (C=N–C) groups is 2. The molecule has 56 valence electrons. The first-order valence-electron chi connectivity index (χ1n) is 3.14. The predicted octanol–water partition coefficient (Wildman–Crippen LogP) is 1.19. The van der Waals surface area contributed by atoms with Crippen LogP contribution in [0, 0.1) is 0 Å². The molecule has 0 unspecified atom stereocenters. The van der Waals surface area contributed by atoms with Crippen LogP contribution in [0.3, 0.4) is 0 Å². The number of nitrogens with one attached hydrogen (secondary N) is 1. The van der Waals surface area contributed by atoms with Gasteiger partial charge in [-0.2, -0.15) is 0 Å². The Labute approximate surface area is 61.6 Å². The second-order valence-corrected chi connectivity index (χ2v) is 1.68. The molecule has 0 saturated carbocycles. The first kappa shape index (κ1) is 8.88. The van der Waals surface area contributed by atoms with Crippen molar-refractivity contribution >= 4 is 12.1 Å². The van der Waals surface area contributed by atoms with Crippen molar-refractivity contribution in [3.8, 4) is 0 Å². The highest BCUT2D eigenvalue weighted by atomic mass is 15.0. The average molecular weight is 139 g/mol. The summed E-state index contributed by atoms with van der Waals surface area (Å²) in [6.45, 7) is 3.76. The summed E-state index contributed by atoms with van der Waals surface area (Å²) in [7, 11) is 1.74. The maximum atomic E-state index is 3.89. The maximum Gasteiger partial charge on any atom is 0.0968 e. The highest BCUT2D eigenvalue weighted by Crippen LogP contribution is 1.71. The fourth-order valence-corrected chi connectivity index (χ4v) is 0.352. The molecule has 0 heterocycles. The summed E-state index contributed by atoms with van der Waals surface area (Å²) in [6, 6.07) is 0. The molecule has 3 nitrogen and oxygen atoms in total. The van der Waals surface area contributed by atoms with Gasteiger partial charge in [0.2, 0.25) is 0 Å². The molecular weight excluding hydrogens is 126 g/mol. The molecule has 0 bridgehead atoms. The monoisotopic (exact) mass is 139 g/mol. The number of rotatable bonds is 2. The standard InChI is InChI=1S/C7H13N3/c1-4-9-5-6-10-7(2)8-3/h4-6H,1-3H3,(H,8,10)/b6-5+,9-4?. The molecule has 0 atom stereocenters. The normalized spacial score (nSPS) is 13.3. The Morgan fingerprint density at radius 1 is 1.50 bits per heavy atom. The van der Waals surface area contributed by atoms with Crippen LogP contribution in [0.15, 0.2) is 22.4 Å². The molecular formula is C7H13N3. The Morgan fingerprint density at radius 3 is 2.70 bits per heavy atom. The lowest BCUT2D eigenvalue weighted by Crippen LogP contribution is -2.11. The zero-order valence-corrected chi connectivity index (χ0v) is 6.63. The van der Waals surface area contributed by atoms with Gasteiger partial charge in [0.25, 0.3) is 0 Å². The number of hydrogen-bond acceptors (Lipinski definition) is 2.